The molecule has 0 bridgehead atoms. The van der Waals surface area contributed by atoms with Gasteiger partial charge in [0.2, 0.25) is 0 Å². The summed E-state index contributed by atoms with van der Waals surface area (Å²) in [6, 6.07) is 7.07. The van der Waals surface area contributed by atoms with Gasteiger partial charge in [0.1, 0.15) is 11.4 Å². The van der Waals surface area contributed by atoms with Crippen LogP contribution in [0.4, 0.5) is 10.5 Å². The van der Waals surface area contributed by atoms with E-state index in [1.165, 1.54) is 4.68 Å². The van der Waals surface area contributed by atoms with Gasteiger partial charge in [-0.2, -0.15) is 9.78 Å². The Kier molecular flexibility index (Phi) is 3.88. The maximum absolute atomic E-state index is 11.9. The Bertz CT molecular complexity index is 656. The maximum atomic E-state index is 11.9. The number of nitrogens with zero attached hydrogens (tertiary/aromatic N) is 2. The molecule has 0 radical (unpaired) electrons. The topological polar surface area (TPSA) is 79.4 Å². The van der Waals surface area contributed by atoms with E-state index in [4.69, 9.17) is 15.2 Å². The molecule has 0 saturated carbocycles. The lowest BCUT2D eigenvalue weighted by molar-refractivity contribution is 0.0515. The lowest BCUT2D eigenvalue weighted by atomic mass is 10.1. The molecule has 2 rings (SSSR count). The number of carbonyl (C=O) groups excluding carboxylic acids is 1. The zero-order valence-electron chi connectivity index (χ0n) is 12.6. The largest absolute Gasteiger partial charge is 0.495 e. The van der Waals surface area contributed by atoms with Gasteiger partial charge < -0.3 is 15.2 Å². The number of carbonyl (C=O) groups is 1. The number of anilines is 1. The number of benzene rings is 1. The molecular weight excluding hydrogens is 270 g/mol. The van der Waals surface area contributed by atoms with E-state index in [-0.39, 0.29) is 0 Å². The van der Waals surface area contributed by atoms with Crippen molar-refractivity contribution in [3.8, 4) is 17.0 Å². The van der Waals surface area contributed by atoms with Gasteiger partial charge in [-0.15, -0.1) is 0 Å². The van der Waals surface area contributed by atoms with Crippen molar-refractivity contribution >= 4 is 11.8 Å². The fraction of sp³-hybridized carbons (Fsp3) is 0.333. The molecule has 0 saturated heterocycles. The first kappa shape index (κ1) is 14.9. The summed E-state index contributed by atoms with van der Waals surface area (Å²) in [5.74, 6) is 0.602. The summed E-state index contributed by atoms with van der Waals surface area (Å²) in [5, 5.41) is 4.21. The molecule has 0 aliphatic rings. The number of rotatable bonds is 2. The summed E-state index contributed by atoms with van der Waals surface area (Å²) >= 11 is 0. The SMILES string of the molecule is COc1ccc(-c2ccn(C(=O)OC(C)(C)C)n2)cc1N. The fourth-order valence-corrected chi connectivity index (χ4v) is 1.78. The van der Waals surface area contributed by atoms with Crippen LogP contribution in [0, 0.1) is 0 Å². The number of ether oxygens (including phenoxy) is 2. The van der Waals surface area contributed by atoms with Crippen LogP contribution in [-0.4, -0.2) is 28.6 Å². The van der Waals surface area contributed by atoms with Crippen molar-refractivity contribution in [3.63, 3.8) is 0 Å². The highest BCUT2D eigenvalue weighted by molar-refractivity contribution is 5.73. The number of hydrogen-bond donors (Lipinski definition) is 1. The van der Waals surface area contributed by atoms with Gasteiger partial charge in [-0.3, -0.25) is 0 Å². The summed E-state index contributed by atoms with van der Waals surface area (Å²) in [5.41, 5.74) is 7.26. The second-order valence-electron chi connectivity index (χ2n) is 5.58. The first-order chi connectivity index (χ1) is 9.80. The van der Waals surface area contributed by atoms with Gasteiger partial charge in [0.25, 0.3) is 0 Å². The molecule has 0 aliphatic heterocycles. The Labute approximate surface area is 123 Å². The summed E-state index contributed by atoms with van der Waals surface area (Å²) in [7, 11) is 1.56. The molecule has 2 aromatic rings. The van der Waals surface area contributed by atoms with E-state index < -0.39 is 11.7 Å². The van der Waals surface area contributed by atoms with Crippen LogP contribution in [0.2, 0.25) is 0 Å². The highest BCUT2D eigenvalue weighted by Gasteiger charge is 2.18. The standard InChI is InChI=1S/C15H19N3O3/c1-15(2,3)21-14(19)18-8-7-12(17-18)10-5-6-13(20-4)11(16)9-10/h5-9H,16H2,1-4H3. The molecule has 0 atom stereocenters. The molecule has 0 spiro atoms. The van der Waals surface area contributed by atoms with Crippen LogP contribution in [0.1, 0.15) is 20.8 Å². The van der Waals surface area contributed by atoms with E-state index in [0.717, 1.165) is 5.56 Å². The van der Waals surface area contributed by atoms with Gasteiger partial charge in [-0.05, 0) is 45.0 Å². The van der Waals surface area contributed by atoms with Gasteiger partial charge in [0, 0.05) is 11.8 Å². The van der Waals surface area contributed by atoms with E-state index in [1.807, 2.05) is 6.07 Å². The first-order valence-corrected chi connectivity index (χ1v) is 6.53. The zero-order valence-corrected chi connectivity index (χ0v) is 12.6. The fourth-order valence-electron chi connectivity index (χ4n) is 1.78. The molecule has 0 amide bonds. The molecule has 0 unspecified atom stereocenters. The molecule has 6 heteroatoms. The molecule has 1 heterocycles. The van der Waals surface area contributed by atoms with E-state index in [1.54, 1.807) is 52.3 Å². The van der Waals surface area contributed by atoms with Crippen LogP contribution in [0.15, 0.2) is 30.5 Å². The average molecular weight is 289 g/mol. The molecule has 6 nitrogen and oxygen atoms in total. The average Bonchev–Trinajstić information content (AvgIpc) is 2.86. The number of methoxy groups -OCH3 is 1. The molecule has 0 aliphatic carbocycles. The second kappa shape index (κ2) is 5.47. The van der Waals surface area contributed by atoms with Crippen molar-refractivity contribution in [2.45, 2.75) is 26.4 Å². The zero-order chi connectivity index (χ0) is 15.6. The maximum Gasteiger partial charge on any atom is 0.435 e. The van der Waals surface area contributed by atoms with Crippen molar-refractivity contribution in [3.05, 3.63) is 30.5 Å². The minimum Gasteiger partial charge on any atom is -0.495 e. The van der Waals surface area contributed by atoms with Gasteiger partial charge in [-0.1, -0.05) is 0 Å². The van der Waals surface area contributed by atoms with E-state index in [2.05, 4.69) is 5.10 Å². The van der Waals surface area contributed by atoms with Crippen molar-refractivity contribution in [1.82, 2.24) is 9.78 Å². The van der Waals surface area contributed by atoms with Crippen LogP contribution in [-0.2, 0) is 4.74 Å². The summed E-state index contributed by atoms with van der Waals surface area (Å²) < 4.78 is 11.5. The van der Waals surface area contributed by atoms with Crippen molar-refractivity contribution in [1.29, 1.82) is 0 Å². The molecule has 2 N–H and O–H groups in total. The second-order valence-corrected chi connectivity index (χ2v) is 5.58. The summed E-state index contributed by atoms with van der Waals surface area (Å²) in [4.78, 5) is 11.9. The number of nitrogens with two attached hydrogens (primary N) is 1. The Hall–Kier alpha value is -2.50. The minimum atomic E-state index is -0.562. The van der Waals surface area contributed by atoms with Gasteiger partial charge in [0.15, 0.2) is 0 Å². The highest BCUT2D eigenvalue weighted by atomic mass is 16.6. The number of nitrogen functional groups attached to an aromatic ring is 1. The molecule has 1 aromatic carbocycles. The smallest absolute Gasteiger partial charge is 0.435 e. The van der Waals surface area contributed by atoms with Crippen LogP contribution >= 0.6 is 0 Å². The molecular formula is C15H19N3O3. The third-order valence-electron chi connectivity index (χ3n) is 2.70. The third-order valence-corrected chi connectivity index (χ3v) is 2.70. The normalized spacial score (nSPS) is 11.2. The monoisotopic (exact) mass is 289 g/mol. The first-order valence-electron chi connectivity index (χ1n) is 6.53. The number of hydrogen-bond acceptors (Lipinski definition) is 5. The Morgan fingerprint density at radius 3 is 2.57 bits per heavy atom. The van der Waals surface area contributed by atoms with Gasteiger partial charge in [0.05, 0.1) is 18.5 Å². The Morgan fingerprint density at radius 1 is 1.29 bits per heavy atom. The van der Waals surface area contributed by atoms with Crippen LogP contribution in [0.25, 0.3) is 11.3 Å². The predicted molar refractivity (Wildman–Crippen MR) is 80.3 cm³/mol. The van der Waals surface area contributed by atoms with Crippen molar-refractivity contribution in [2.75, 3.05) is 12.8 Å². The van der Waals surface area contributed by atoms with Crippen molar-refractivity contribution < 1.29 is 14.3 Å². The van der Waals surface area contributed by atoms with Crippen molar-refractivity contribution in [2.24, 2.45) is 0 Å². The van der Waals surface area contributed by atoms with Crippen LogP contribution in [0.3, 0.4) is 0 Å². The van der Waals surface area contributed by atoms with E-state index >= 15 is 0 Å². The summed E-state index contributed by atoms with van der Waals surface area (Å²) in [6.45, 7) is 5.42. The highest BCUT2D eigenvalue weighted by Crippen LogP contribution is 2.27. The van der Waals surface area contributed by atoms with Gasteiger partial charge in [-0.25, -0.2) is 4.79 Å². The molecule has 1 aromatic heterocycles. The summed E-state index contributed by atoms with van der Waals surface area (Å²) in [6.07, 6.45) is 1.04. The number of aromatic nitrogens is 2. The van der Waals surface area contributed by atoms with Crippen LogP contribution < -0.4 is 10.5 Å². The molecule has 112 valence electrons. The van der Waals surface area contributed by atoms with E-state index in [0.29, 0.717) is 17.1 Å². The van der Waals surface area contributed by atoms with E-state index in [9.17, 15) is 4.79 Å². The lowest BCUT2D eigenvalue weighted by Crippen LogP contribution is -2.27. The minimum absolute atomic E-state index is 0.516. The van der Waals surface area contributed by atoms with Crippen LogP contribution in [0.5, 0.6) is 5.75 Å². The predicted octanol–water partition coefficient (Wildman–Crippen LogP) is 2.92. The quantitative estimate of drug-likeness (QED) is 0.860. The lowest BCUT2D eigenvalue weighted by Gasteiger charge is -2.18. The Morgan fingerprint density at radius 2 is 2.00 bits per heavy atom. The molecule has 21 heavy (non-hydrogen) atoms. The Balaban J connectivity index is 2.24. The molecule has 0 fully saturated rings. The van der Waals surface area contributed by atoms with Gasteiger partial charge >= 0.3 is 6.09 Å². The third kappa shape index (κ3) is 3.53.